The second kappa shape index (κ2) is 6.24. The van der Waals surface area contributed by atoms with Crippen LogP contribution in [0.5, 0.6) is 5.75 Å². The molecule has 0 aliphatic rings. The van der Waals surface area contributed by atoms with E-state index in [2.05, 4.69) is 41.5 Å². The van der Waals surface area contributed by atoms with Crippen LogP contribution in [0, 0.1) is 11.8 Å². The first kappa shape index (κ1) is 13.5. The Morgan fingerprint density at radius 3 is 2.47 bits per heavy atom. The molecule has 1 aromatic rings. The summed E-state index contributed by atoms with van der Waals surface area (Å²) >= 11 is 0. The SMILES string of the molecule is COc1c(NN)ncnc1NCC(C)C(C)C. The molecule has 1 heterocycles. The molecule has 0 aliphatic heterocycles. The minimum absolute atomic E-state index is 0.474. The Bertz CT molecular complexity index is 356. The average Bonchev–Trinajstić information content (AvgIpc) is 2.34. The highest BCUT2D eigenvalue weighted by Crippen LogP contribution is 2.28. The standard InChI is InChI=1S/C11H21N5O/c1-7(2)8(3)5-13-10-9(17-4)11(16-12)15-6-14-10/h6-8H,5,12H2,1-4H3,(H2,13,14,15,16). The molecule has 0 saturated carbocycles. The molecule has 0 amide bonds. The maximum absolute atomic E-state index is 5.35. The molecule has 4 N–H and O–H groups in total. The van der Waals surface area contributed by atoms with E-state index in [1.807, 2.05) is 0 Å². The van der Waals surface area contributed by atoms with Gasteiger partial charge < -0.3 is 15.5 Å². The molecule has 96 valence electrons. The number of nitrogen functional groups attached to an aromatic ring is 1. The van der Waals surface area contributed by atoms with Gasteiger partial charge in [0.25, 0.3) is 0 Å². The molecule has 0 aliphatic carbocycles. The number of hydrogen-bond acceptors (Lipinski definition) is 6. The van der Waals surface area contributed by atoms with E-state index >= 15 is 0 Å². The minimum atomic E-state index is 0.474. The Hall–Kier alpha value is -1.56. The van der Waals surface area contributed by atoms with E-state index in [1.165, 1.54) is 6.33 Å². The fourth-order valence-electron chi connectivity index (χ4n) is 1.29. The Labute approximate surface area is 102 Å². The number of hydrogen-bond donors (Lipinski definition) is 3. The summed E-state index contributed by atoms with van der Waals surface area (Å²) in [6.45, 7) is 7.40. The summed E-state index contributed by atoms with van der Waals surface area (Å²) in [6, 6.07) is 0. The molecular formula is C11H21N5O. The molecule has 0 saturated heterocycles. The van der Waals surface area contributed by atoms with Crippen molar-refractivity contribution in [3.05, 3.63) is 6.33 Å². The molecule has 17 heavy (non-hydrogen) atoms. The van der Waals surface area contributed by atoms with Gasteiger partial charge in [0.05, 0.1) is 7.11 Å². The highest BCUT2D eigenvalue weighted by Gasteiger charge is 2.13. The molecule has 0 fully saturated rings. The van der Waals surface area contributed by atoms with Gasteiger partial charge >= 0.3 is 0 Å². The summed E-state index contributed by atoms with van der Waals surface area (Å²) in [4.78, 5) is 8.13. The molecule has 6 nitrogen and oxygen atoms in total. The zero-order chi connectivity index (χ0) is 12.8. The van der Waals surface area contributed by atoms with Crippen LogP contribution in [0.15, 0.2) is 6.33 Å². The van der Waals surface area contributed by atoms with Crippen LogP contribution in [0.3, 0.4) is 0 Å². The summed E-state index contributed by atoms with van der Waals surface area (Å²) in [5.41, 5.74) is 2.48. The van der Waals surface area contributed by atoms with E-state index in [9.17, 15) is 0 Å². The fourth-order valence-corrected chi connectivity index (χ4v) is 1.29. The Kier molecular flexibility index (Phi) is 4.96. The Morgan fingerprint density at radius 2 is 1.94 bits per heavy atom. The smallest absolute Gasteiger partial charge is 0.205 e. The lowest BCUT2D eigenvalue weighted by molar-refractivity contribution is 0.411. The number of nitrogens with two attached hydrogens (primary N) is 1. The number of anilines is 2. The van der Waals surface area contributed by atoms with Gasteiger partial charge in [-0.1, -0.05) is 20.8 Å². The number of aromatic nitrogens is 2. The van der Waals surface area contributed by atoms with Crippen LogP contribution in [-0.4, -0.2) is 23.6 Å². The van der Waals surface area contributed by atoms with Gasteiger partial charge in [-0.2, -0.15) is 0 Å². The van der Waals surface area contributed by atoms with Crippen LogP contribution in [0.4, 0.5) is 11.6 Å². The highest BCUT2D eigenvalue weighted by atomic mass is 16.5. The molecule has 1 aromatic heterocycles. The van der Waals surface area contributed by atoms with E-state index < -0.39 is 0 Å². The van der Waals surface area contributed by atoms with Gasteiger partial charge in [-0.25, -0.2) is 15.8 Å². The number of rotatable bonds is 6. The van der Waals surface area contributed by atoms with Crippen molar-refractivity contribution in [1.82, 2.24) is 9.97 Å². The monoisotopic (exact) mass is 239 g/mol. The first-order chi connectivity index (χ1) is 8.10. The normalized spacial score (nSPS) is 12.4. The summed E-state index contributed by atoms with van der Waals surface area (Å²) < 4.78 is 5.23. The lowest BCUT2D eigenvalue weighted by Crippen LogP contribution is -2.18. The summed E-state index contributed by atoms with van der Waals surface area (Å²) in [6.07, 6.45) is 1.44. The quantitative estimate of drug-likeness (QED) is 0.515. The summed E-state index contributed by atoms with van der Waals surface area (Å²) in [7, 11) is 1.57. The van der Waals surface area contributed by atoms with E-state index in [0.717, 1.165) is 6.54 Å². The second-order valence-corrected chi connectivity index (χ2v) is 4.35. The van der Waals surface area contributed by atoms with Crippen LogP contribution < -0.4 is 21.3 Å². The molecule has 0 radical (unpaired) electrons. The number of nitrogens with one attached hydrogen (secondary N) is 2. The minimum Gasteiger partial charge on any atom is -0.490 e. The molecule has 0 spiro atoms. The third-order valence-electron chi connectivity index (χ3n) is 2.87. The molecule has 1 atom stereocenters. The molecule has 6 heteroatoms. The zero-order valence-corrected chi connectivity index (χ0v) is 10.8. The number of methoxy groups -OCH3 is 1. The van der Waals surface area contributed by atoms with Crippen molar-refractivity contribution < 1.29 is 4.74 Å². The van der Waals surface area contributed by atoms with Crippen LogP contribution in [-0.2, 0) is 0 Å². The van der Waals surface area contributed by atoms with Crippen molar-refractivity contribution >= 4 is 11.6 Å². The number of hydrazine groups is 1. The van der Waals surface area contributed by atoms with E-state index in [1.54, 1.807) is 7.11 Å². The number of nitrogens with zero attached hydrogens (tertiary/aromatic N) is 2. The van der Waals surface area contributed by atoms with Crippen molar-refractivity contribution in [3.8, 4) is 5.75 Å². The topological polar surface area (TPSA) is 85.1 Å². The van der Waals surface area contributed by atoms with Gasteiger partial charge in [0.1, 0.15) is 6.33 Å². The molecule has 1 unspecified atom stereocenters. The molecule has 0 aromatic carbocycles. The first-order valence-electron chi connectivity index (χ1n) is 5.69. The van der Waals surface area contributed by atoms with Gasteiger partial charge in [-0.3, -0.25) is 0 Å². The Balaban J connectivity index is 2.77. The summed E-state index contributed by atoms with van der Waals surface area (Å²) in [5, 5.41) is 3.25. The van der Waals surface area contributed by atoms with Crippen LogP contribution in [0.2, 0.25) is 0 Å². The van der Waals surface area contributed by atoms with Gasteiger partial charge in [-0.05, 0) is 11.8 Å². The fraction of sp³-hybridized carbons (Fsp3) is 0.636. The van der Waals surface area contributed by atoms with Gasteiger partial charge in [-0.15, -0.1) is 0 Å². The maximum Gasteiger partial charge on any atom is 0.205 e. The average molecular weight is 239 g/mol. The highest BCUT2D eigenvalue weighted by molar-refractivity contribution is 5.62. The van der Waals surface area contributed by atoms with Crippen LogP contribution >= 0.6 is 0 Å². The van der Waals surface area contributed by atoms with Gasteiger partial charge in [0, 0.05) is 6.54 Å². The third kappa shape index (κ3) is 3.45. The summed E-state index contributed by atoms with van der Waals surface area (Å²) in [5.74, 6) is 8.17. The van der Waals surface area contributed by atoms with Crippen LogP contribution in [0.1, 0.15) is 20.8 Å². The zero-order valence-electron chi connectivity index (χ0n) is 10.8. The Morgan fingerprint density at radius 1 is 1.29 bits per heavy atom. The van der Waals surface area contributed by atoms with Crippen molar-refractivity contribution in [2.45, 2.75) is 20.8 Å². The van der Waals surface area contributed by atoms with E-state index in [0.29, 0.717) is 29.2 Å². The van der Waals surface area contributed by atoms with E-state index in [-0.39, 0.29) is 0 Å². The van der Waals surface area contributed by atoms with Crippen molar-refractivity contribution in [1.29, 1.82) is 0 Å². The largest absolute Gasteiger partial charge is 0.490 e. The molecule has 0 bridgehead atoms. The predicted octanol–water partition coefficient (Wildman–Crippen LogP) is 1.47. The lowest BCUT2D eigenvalue weighted by atomic mass is 9.98. The third-order valence-corrected chi connectivity index (χ3v) is 2.87. The molecular weight excluding hydrogens is 218 g/mol. The van der Waals surface area contributed by atoms with Gasteiger partial charge in [0.2, 0.25) is 5.75 Å². The maximum atomic E-state index is 5.35. The lowest BCUT2D eigenvalue weighted by Gasteiger charge is -2.18. The van der Waals surface area contributed by atoms with Crippen molar-refractivity contribution in [3.63, 3.8) is 0 Å². The van der Waals surface area contributed by atoms with Crippen molar-refractivity contribution in [2.24, 2.45) is 17.7 Å². The number of ether oxygens (including phenoxy) is 1. The van der Waals surface area contributed by atoms with Crippen LogP contribution in [0.25, 0.3) is 0 Å². The second-order valence-electron chi connectivity index (χ2n) is 4.35. The predicted molar refractivity (Wildman–Crippen MR) is 68.9 cm³/mol. The van der Waals surface area contributed by atoms with Crippen molar-refractivity contribution in [2.75, 3.05) is 24.4 Å². The molecule has 1 rings (SSSR count). The van der Waals surface area contributed by atoms with Gasteiger partial charge in [0.15, 0.2) is 11.6 Å². The van der Waals surface area contributed by atoms with E-state index in [4.69, 9.17) is 10.6 Å². The first-order valence-corrected chi connectivity index (χ1v) is 5.69.